The zero-order valence-electron chi connectivity index (χ0n) is 7.43. The van der Waals surface area contributed by atoms with Crippen molar-refractivity contribution in [1.29, 1.82) is 0 Å². The van der Waals surface area contributed by atoms with E-state index in [1.54, 1.807) is 0 Å². The van der Waals surface area contributed by atoms with Crippen molar-refractivity contribution in [2.45, 2.75) is 12.8 Å². The lowest BCUT2D eigenvalue weighted by molar-refractivity contribution is -0.118. The number of carbonyl (C=O) groups excluding carboxylic acids is 2. The van der Waals surface area contributed by atoms with E-state index >= 15 is 0 Å². The van der Waals surface area contributed by atoms with E-state index in [1.165, 1.54) is 17.2 Å². The highest BCUT2D eigenvalue weighted by Gasteiger charge is 2.29. The third-order valence-corrected chi connectivity index (χ3v) is 2.04. The second kappa shape index (κ2) is 3.13. The van der Waals surface area contributed by atoms with Crippen LogP contribution in [0.2, 0.25) is 0 Å². The van der Waals surface area contributed by atoms with Crippen LogP contribution in [0.15, 0.2) is 12.4 Å². The number of hydrogen-bond donors (Lipinski definition) is 2. The molecule has 2 amide bonds. The SMILES string of the molecule is NC(=O)c1cnn(NC(=O)C2CC2)c1. The summed E-state index contributed by atoms with van der Waals surface area (Å²) in [5, 5.41) is 3.77. The van der Waals surface area contributed by atoms with Crippen LogP contribution in [-0.4, -0.2) is 21.7 Å². The fourth-order valence-electron chi connectivity index (χ4n) is 1.06. The predicted molar refractivity (Wildman–Crippen MR) is 47.8 cm³/mol. The zero-order chi connectivity index (χ0) is 10.1. The Morgan fingerprint density at radius 1 is 1.57 bits per heavy atom. The minimum atomic E-state index is -0.558. The molecule has 1 fully saturated rings. The van der Waals surface area contributed by atoms with Gasteiger partial charge in [0.2, 0.25) is 5.91 Å². The van der Waals surface area contributed by atoms with Gasteiger partial charge in [-0.2, -0.15) is 9.89 Å². The van der Waals surface area contributed by atoms with Crippen molar-refractivity contribution in [3.05, 3.63) is 18.0 Å². The third kappa shape index (κ3) is 1.73. The average molecular weight is 194 g/mol. The van der Waals surface area contributed by atoms with Gasteiger partial charge in [-0.3, -0.25) is 9.59 Å². The van der Waals surface area contributed by atoms with E-state index in [-0.39, 0.29) is 17.4 Å². The molecular weight excluding hydrogens is 184 g/mol. The summed E-state index contributed by atoms with van der Waals surface area (Å²) in [5.41, 5.74) is 7.84. The Morgan fingerprint density at radius 3 is 2.79 bits per heavy atom. The molecular formula is C8H10N4O2. The first-order chi connectivity index (χ1) is 6.66. The van der Waals surface area contributed by atoms with Crippen molar-refractivity contribution >= 4 is 11.8 Å². The number of nitrogens with zero attached hydrogens (tertiary/aromatic N) is 2. The molecule has 74 valence electrons. The summed E-state index contributed by atoms with van der Waals surface area (Å²) in [6.07, 6.45) is 4.56. The molecule has 1 aromatic heterocycles. The molecule has 14 heavy (non-hydrogen) atoms. The van der Waals surface area contributed by atoms with Crippen LogP contribution in [0, 0.1) is 5.92 Å². The van der Waals surface area contributed by atoms with E-state index in [0.29, 0.717) is 0 Å². The van der Waals surface area contributed by atoms with Gasteiger partial charge >= 0.3 is 0 Å². The van der Waals surface area contributed by atoms with E-state index in [1.807, 2.05) is 0 Å². The first kappa shape index (κ1) is 8.74. The van der Waals surface area contributed by atoms with Gasteiger partial charge in [0.1, 0.15) is 0 Å². The van der Waals surface area contributed by atoms with E-state index in [0.717, 1.165) is 12.8 Å². The Morgan fingerprint density at radius 2 is 2.29 bits per heavy atom. The van der Waals surface area contributed by atoms with Gasteiger partial charge < -0.3 is 5.73 Å². The van der Waals surface area contributed by atoms with Gasteiger partial charge in [-0.15, -0.1) is 0 Å². The number of amides is 2. The normalized spacial score (nSPS) is 15.1. The lowest BCUT2D eigenvalue weighted by atomic mass is 10.4. The van der Waals surface area contributed by atoms with Crippen LogP contribution >= 0.6 is 0 Å². The highest BCUT2D eigenvalue weighted by molar-refractivity contribution is 5.92. The number of primary amides is 1. The van der Waals surface area contributed by atoms with Gasteiger partial charge in [0.05, 0.1) is 18.0 Å². The van der Waals surface area contributed by atoms with Crippen molar-refractivity contribution < 1.29 is 9.59 Å². The molecule has 1 saturated carbocycles. The second-order valence-corrected chi connectivity index (χ2v) is 3.29. The summed E-state index contributed by atoms with van der Waals surface area (Å²) < 4.78 is 0. The Hall–Kier alpha value is -1.85. The quantitative estimate of drug-likeness (QED) is 0.677. The third-order valence-electron chi connectivity index (χ3n) is 2.04. The van der Waals surface area contributed by atoms with Crippen LogP contribution in [0.3, 0.4) is 0 Å². The van der Waals surface area contributed by atoms with Gasteiger partial charge in [-0.1, -0.05) is 0 Å². The van der Waals surface area contributed by atoms with Gasteiger partial charge in [0.15, 0.2) is 0 Å². The van der Waals surface area contributed by atoms with Crippen LogP contribution in [0.5, 0.6) is 0 Å². The van der Waals surface area contributed by atoms with Crippen LogP contribution in [0.1, 0.15) is 23.2 Å². The summed E-state index contributed by atoms with van der Waals surface area (Å²) in [6.45, 7) is 0. The minimum absolute atomic E-state index is 0.0656. The molecule has 0 aliphatic heterocycles. The fraction of sp³-hybridized carbons (Fsp3) is 0.375. The number of hydrogen-bond acceptors (Lipinski definition) is 3. The Labute approximate surface area is 80.0 Å². The fourth-order valence-corrected chi connectivity index (χ4v) is 1.06. The van der Waals surface area contributed by atoms with Crippen molar-refractivity contribution in [1.82, 2.24) is 9.89 Å². The molecule has 1 aromatic rings. The second-order valence-electron chi connectivity index (χ2n) is 3.29. The van der Waals surface area contributed by atoms with E-state index in [9.17, 15) is 9.59 Å². The summed E-state index contributed by atoms with van der Waals surface area (Å²) in [7, 11) is 0. The van der Waals surface area contributed by atoms with Gasteiger partial charge in [0.25, 0.3) is 5.91 Å². The molecule has 1 aliphatic rings. The number of aromatic nitrogens is 2. The molecule has 6 nitrogen and oxygen atoms in total. The Kier molecular flexibility index (Phi) is 1.95. The summed E-state index contributed by atoms with van der Waals surface area (Å²) in [5.74, 6) is -0.516. The molecule has 6 heteroatoms. The van der Waals surface area contributed by atoms with Crippen molar-refractivity contribution in [2.75, 3.05) is 5.43 Å². The maximum absolute atomic E-state index is 11.3. The number of rotatable bonds is 3. The predicted octanol–water partition coefficient (Wildman–Crippen LogP) is -0.538. The van der Waals surface area contributed by atoms with E-state index < -0.39 is 5.91 Å². The number of carbonyl (C=O) groups is 2. The molecule has 1 aliphatic carbocycles. The molecule has 0 radical (unpaired) electrons. The molecule has 0 spiro atoms. The van der Waals surface area contributed by atoms with Crippen LogP contribution in [0.4, 0.5) is 0 Å². The molecule has 2 rings (SSSR count). The largest absolute Gasteiger partial charge is 0.365 e. The first-order valence-corrected chi connectivity index (χ1v) is 4.32. The van der Waals surface area contributed by atoms with Crippen LogP contribution in [-0.2, 0) is 4.79 Å². The smallest absolute Gasteiger partial charge is 0.251 e. The summed E-state index contributed by atoms with van der Waals surface area (Å²) >= 11 is 0. The monoisotopic (exact) mass is 194 g/mol. The Balaban J connectivity index is 2.02. The molecule has 0 atom stereocenters. The highest BCUT2D eigenvalue weighted by atomic mass is 16.2. The Bertz CT molecular complexity index is 380. The lowest BCUT2D eigenvalue weighted by Crippen LogP contribution is -2.24. The number of nitrogens with one attached hydrogen (secondary N) is 1. The summed E-state index contributed by atoms with van der Waals surface area (Å²) in [4.78, 5) is 23.2. The maximum Gasteiger partial charge on any atom is 0.251 e. The van der Waals surface area contributed by atoms with Crippen molar-refractivity contribution in [3.63, 3.8) is 0 Å². The van der Waals surface area contributed by atoms with Crippen molar-refractivity contribution in [2.24, 2.45) is 11.7 Å². The first-order valence-electron chi connectivity index (χ1n) is 4.32. The molecule has 0 saturated heterocycles. The molecule has 0 unspecified atom stereocenters. The van der Waals surface area contributed by atoms with Crippen molar-refractivity contribution in [3.8, 4) is 0 Å². The van der Waals surface area contributed by atoms with Crippen LogP contribution < -0.4 is 11.2 Å². The van der Waals surface area contributed by atoms with Crippen LogP contribution in [0.25, 0.3) is 0 Å². The van der Waals surface area contributed by atoms with Gasteiger partial charge in [0, 0.05) is 5.92 Å². The van der Waals surface area contributed by atoms with Gasteiger partial charge in [-0.05, 0) is 12.8 Å². The maximum atomic E-state index is 11.3. The molecule has 1 heterocycles. The summed E-state index contributed by atoms with van der Waals surface area (Å²) in [6, 6.07) is 0. The molecule has 0 bridgehead atoms. The zero-order valence-corrected chi connectivity index (χ0v) is 7.43. The van der Waals surface area contributed by atoms with E-state index in [4.69, 9.17) is 5.73 Å². The number of nitrogens with two attached hydrogens (primary N) is 1. The average Bonchev–Trinajstić information content (AvgIpc) is 2.87. The highest BCUT2D eigenvalue weighted by Crippen LogP contribution is 2.28. The molecule has 0 aromatic carbocycles. The minimum Gasteiger partial charge on any atom is -0.365 e. The van der Waals surface area contributed by atoms with E-state index in [2.05, 4.69) is 10.5 Å². The van der Waals surface area contributed by atoms with Gasteiger partial charge in [-0.25, -0.2) is 5.43 Å². The standard InChI is InChI=1S/C8H10N4O2/c9-7(13)6-3-10-12(4-6)11-8(14)5-1-2-5/h3-5H,1-2H2,(H2,9,13)(H,11,14). The lowest BCUT2D eigenvalue weighted by Gasteiger charge is -2.01. The topological polar surface area (TPSA) is 90.0 Å². The molecule has 3 N–H and O–H groups in total.